The predicted octanol–water partition coefficient (Wildman–Crippen LogP) is 1.41. The van der Waals surface area contributed by atoms with Crippen molar-refractivity contribution in [3.8, 4) is 0 Å². The molecule has 0 unspecified atom stereocenters. The SMILES string of the molecule is CN1C=C(CCCNC(=O)[C@@H]2CCCCN2)C=CC1. The topological polar surface area (TPSA) is 44.4 Å². The number of nitrogens with one attached hydrogen (secondary N) is 2. The quantitative estimate of drug-likeness (QED) is 0.737. The summed E-state index contributed by atoms with van der Waals surface area (Å²) >= 11 is 0. The average molecular weight is 263 g/mol. The lowest BCUT2D eigenvalue weighted by molar-refractivity contribution is -0.123. The molecule has 106 valence electrons. The highest BCUT2D eigenvalue weighted by Crippen LogP contribution is 2.11. The van der Waals surface area contributed by atoms with Crippen molar-refractivity contribution in [1.82, 2.24) is 15.5 Å². The van der Waals surface area contributed by atoms with Crippen LogP contribution in [0, 0.1) is 0 Å². The van der Waals surface area contributed by atoms with Crippen LogP contribution in [0.1, 0.15) is 32.1 Å². The number of hydrogen-bond acceptors (Lipinski definition) is 3. The molecule has 1 saturated heterocycles. The van der Waals surface area contributed by atoms with Crippen molar-refractivity contribution in [2.24, 2.45) is 0 Å². The lowest BCUT2D eigenvalue weighted by atomic mass is 10.0. The summed E-state index contributed by atoms with van der Waals surface area (Å²) in [7, 11) is 2.08. The first-order chi connectivity index (χ1) is 9.25. The van der Waals surface area contributed by atoms with Crippen molar-refractivity contribution in [2.75, 3.05) is 26.7 Å². The van der Waals surface area contributed by atoms with Gasteiger partial charge in [0.2, 0.25) is 5.91 Å². The van der Waals surface area contributed by atoms with Gasteiger partial charge < -0.3 is 15.5 Å². The third-order valence-electron chi connectivity index (χ3n) is 3.68. The fourth-order valence-electron chi connectivity index (χ4n) is 2.60. The van der Waals surface area contributed by atoms with E-state index in [1.165, 1.54) is 12.0 Å². The van der Waals surface area contributed by atoms with Gasteiger partial charge in [-0.15, -0.1) is 0 Å². The van der Waals surface area contributed by atoms with Crippen molar-refractivity contribution < 1.29 is 4.79 Å². The Kier molecular flexibility index (Phi) is 5.45. The fourth-order valence-corrected chi connectivity index (χ4v) is 2.60. The highest BCUT2D eigenvalue weighted by atomic mass is 16.2. The molecule has 0 aromatic rings. The van der Waals surface area contributed by atoms with Crippen LogP contribution in [0.5, 0.6) is 0 Å². The molecular weight excluding hydrogens is 238 g/mol. The minimum atomic E-state index is 0.0358. The molecule has 0 aromatic carbocycles. The molecule has 0 aromatic heterocycles. The van der Waals surface area contributed by atoms with Gasteiger partial charge in [-0.3, -0.25) is 4.79 Å². The third-order valence-corrected chi connectivity index (χ3v) is 3.68. The van der Waals surface area contributed by atoms with Crippen LogP contribution in [-0.4, -0.2) is 43.5 Å². The molecule has 2 N–H and O–H groups in total. The molecule has 0 radical (unpaired) electrons. The largest absolute Gasteiger partial charge is 0.376 e. The van der Waals surface area contributed by atoms with Gasteiger partial charge in [0.1, 0.15) is 0 Å². The Morgan fingerprint density at radius 2 is 2.42 bits per heavy atom. The highest BCUT2D eigenvalue weighted by Gasteiger charge is 2.19. The van der Waals surface area contributed by atoms with Gasteiger partial charge in [0.25, 0.3) is 0 Å². The molecule has 2 rings (SSSR count). The Balaban J connectivity index is 1.61. The molecule has 19 heavy (non-hydrogen) atoms. The summed E-state index contributed by atoms with van der Waals surface area (Å²) in [6.45, 7) is 2.74. The van der Waals surface area contributed by atoms with Gasteiger partial charge in [-0.1, -0.05) is 18.6 Å². The standard InChI is InChI=1S/C15H25N3O/c1-18-11-5-7-13(12-18)6-4-10-17-15(19)14-8-2-3-9-16-14/h5,7,12,14,16H,2-4,6,8-11H2,1H3,(H,17,19)/t14-/m0/s1. The fraction of sp³-hybridized carbons (Fsp3) is 0.667. The van der Waals surface area contributed by atoms with Crippen LogP contribution in [0.2, 0.25) is 0 Å². The van der Waals surface area contributed by atoms with Crippen LogP contribution in [0.25, 0.3) is 0 Å². The highest BCUT2D eigenvalue weighted by molar-refractivity contribution is 5.81. The van der Waals surface area contributed by atoms with Gasteiger partial charge in [-0.25, -0.2) is 0 Å². The van der Waals surface area contributed by atoms with Crippen LogP contribution >= 0.6 is 0 Å². The molecule has 0 saturated carbocycles. The molecule has 2 aliphatic rings. The molecule has 1 atom stereocenters. The van der Waals surface area contributed by atoms with Gasteiger partial charge in [-0.05, 0) is 37.8 Å². The second-order valence-corrected chi connectivity index (χ2v) is 5.44. The maximum Gasteiger partial charge on any atom is 0.237 e. The van der Waals surface area contributed by atoms with Crippen LogP contribution < -0.4 is 10.6 Å². The summed E-state index contributed by atoms with van der Waals surface area (Å²) in [5.41, 5.74) is 1.35. The maximum atomic E-state index is 11.9. The first kappa shape index (κ1) is 14.1. The Morgan fingerprint density at radius 1 is 1.53 bits per heavy atom. The smallest absolute Gasteiger partial charge is 0.237 e. The van der Waals surface area contributed by atoms with Crippen molar-refractivity contribution in [3.63, 3.8) is 0 Å². The Bertz CT molecular complexity index is 356. The van der Waals surface area contributed by atoms with E-state index in [-0.39, 0.29) is 11.9 Å². The second kappa shape index (κ2) is 7.34. The molecule has 4 heteroatoms. The van der Waals surface area contributed by atoms with E-state index in [0.717, 1.165) is 45.3 Å². The van der Waals surface area contributed by atoms with Crippen LogP contribution in [0.15, 0.2) is 23.9 Å². The van der Waals surface area contributed by atoms with Gasteiger partial charge in [0, 0.05) is 26.3 Å². The Labute approximate surface area is 115 Å². The number of allylic oxidation sites excluding steroid dienone is 2. The molecule has 0 aliphatic carbocycles. The van der Waals surface area contributed by atoms with Gasteiger partial charge in [0.15, 0.2) is 0 Å². The van der Waals surface area contributed by atoms with Crippen molar-refractivity contribution >= 4 is 5.91 Å². The third kappa shape index (κ3) is 4.71. The van der Waals surface area contributed by atoms with Crippen molar-refractivity contribution in [1.29, 1.82) is 0 Å². The molecular formula is C15H25N3O. The number of carbonyl (C=O) groups is 1. The van der Waals surface area contributed by atoms with Gasteiger partial charge >= 0.3 is 0 Å². The minimum Gasteiger partial charge on any atom is -0.376 e. The van der Waals surface area contributed by atoms with E-state index in [9.17, 15) is 4.79 Å². The normalized spacial score (nSPS) is 23.1. The van der Waals surface area contributed by atoms with E-state index >= 15 is 0 Å². The molecule has 0 bridgehead atoms. The second-order valence-electron chi connectivity index (χ2n) is 5.44. The summed E-state index contributed by atoms with van der Waals surface area (Å²) in [5, 5.41) is 6.31. The van der Waals surface area contributed by atoms with E-state index in [0.29, 0.717) is 0 Å². The average Bonchev–Trinajstić information content (AvgIpc) is 2.44. The van der Waals surface area contributed by atoms with Crippen molar-refractivity contribution in [2.45, 2.75) is 38.1 Å². The number of likely N-dealkylation sites (N-methyl/N-ethyl adjacent to an activating group) is 1. The lowest BCUT2D eigenvalue weighted by Gasteiger charge is -2.22. The van der Waals surface area contributed by atoms with E-state index in [1.807, 2.05) is 0 Å². The number of hydrogen-bond donors (Lipinski definition) is 2. The molecule has 1 fully saturated rings. The summed E-state index contributed by atoms with van der Waals surface area (Å²) in [5.74, 6) is 0.171. The summed E-state index contributed by atoms with van der Waals surface area (Å²) in [6.07, 6.45) is 11.9. The van der Waals surface area contributed by atoms with E-state index in [4.69, 9.17) is 0 Å². The summed E-state index contributed by atoms with van der Waals surface area (Å²) < 4.78 is 0. The predicted molar refractivity (Wildman–Crippen MR) is 77.7 cm³/mol. The number of carbonyl (C=O) groups excluding carboxylic acids is 1. The molecule has 0 spiro atoms. The van der Waals surface area contributed by atoms with Crippen LogP contribution in [0.4, 0.5) is 0 Å². The van der Waals surface area contributed by atoms with E-state index < -0.39 is 0 Å². The molecule has 1 amide bonds. The first-order valence-electron chi connectivity index (χ1n) is 7.34. The first-order valence-corrected chi connectivity index (χ1v) is 7.34. The number of nitrogens with zero attached hydrogens (tertiary/aromatic N) is 1. The monoisotopic (exact) mass is 263 g/mol. The Morgan fingerprint density at radius 3 is 3.16 bits per heavy atom. The van der Waals surface area contributed by atoms with Crippen LogP contribution in [-0.2, 0) is 4.79 Å². The van der Waals surface area contributed by atoms with Crippen LogP contribution in [0.3, 0.4) is 0 Å². The summed E-state index contributed by atoms with van der Waals surface area (Å²) in [6, 6.07) is 0.0358. The molecule has 4 nitrogen and oxygen atoms in total. The zero-order valence-corrected chi connectivity index (χ0v) is 11.8. The summed E-state index contributed by atoms with van der Waals surface area (Å²) in [4.78, 5) is 14.1. The molecule has 2 aliphatic heterocycles. The van der Waals surface area contributed by atoms with Gasteiger partial charge in [0.05, 0.1) is 6.04 Å². The van der Waals surface area contributed by atoms with Crippen molar-refractivity contribution in [3.05, 3.63) is 23.9 Å². The lowest BCUT2D eigenvalue weighted by Crippen LogP contribution is -2.46. The molecule has 2 heterocycles. The zero-order valence-electron chi connectivity index (χ0n) is 11.8. The zero-order chi connectivity index (χ0) is 13.5. The van der Waals surface area contributed by atoms with Gasteiger partial charge in [-0.2, -0.15) is 0 Å². The number of piperidine rings is 1. The van der Waals surface area contributed by atoms with E-state index in [2.05, 4.69) is 40.9 Å². The number of rotatable bonds is 5. The van der Waals surface area contributed by atoms with E-state index in [1.54, 1.807) is 0 Å². The Hall–Kier alpha value is -1.29. The number of amides is 1. The minimum absolute atomic E-state index is 0.0358. The maximum absolute atomic E-state index is 11.9.